The lowest BCUT2D eigenvalue weighted by molar-refractivity contribution is -0.384. The van der Waals surface area contributed by atoms with Crippen LogP contribution in [0.15, 0.2) is 29.2 Å². The SMILES string of the molecule is CC1CCC(N2CCN(S(=O)(=O)c3ccc([N+](=O)[O-])cc3)CC2)CC1.O=C(O)C(=O)O. The molecule has 1 saturated carbocycles. The van der Waals surface area contributed by atoms with Crippen molar-refractivity contribution < 1.29 is 33.1 Å². The van der Waals surface area contributed by atoms with E-state index in [-0.39, 0.29) is 10.6 Å². The first kappa shape index (κ1) is 24.7. The third-order valence-electron chi connectivity index (χ3n) is 5.64. The molecule has 0 spiro atoms. The molecule has 0 atom stereocenters. The van der Waals surface area contributed by atoms with Crippen LogP contribution < -0.4 is 0 Å². The Morgan fingerprint density at radius 1 is 0.968 bits per heavy atom. The van der Waals surface area contributed by atoms with E-state index in [4.69, 9.17) is 19.8 Å². The zero-order valence-corrected chi connectivity index (χ0v) is 18.0. The second-order valence-electron chi connectivity index (χ2n) is 7.72. The Kier molecular flexibility index (Phi) is 8.48. The molecule has 12 heteroatoms. The lowest BCUT2D eigenvalue weighted by Crippen LogP contribution is -2.52. The van der Waals surface area contributed by atoms with Crippen LogP contribution in [0.3, 0.4) is 0 Å². The molecule has 1 heterocycles. The molecule has 1 saturated heterocycles. The number of benzene rings is 1. The van der Waals surface area contributed by atoms with Gasteiger partial charge in [-0.15, -0.1) is 0 Å². The van der Waals surface area contributed by atoms with Crippen LogP contribution in [0.25, 0.3) is 0 Å². The topological polar surface area (TPSA) is 158 Å². The lowest BCUT2D eigenvalue weighted by Gasteiger charge is -2.41. The maximum Gasteiger partial charge on any atom is 0.414 e. The van der Waals surface area contributed by atoms with Crippen LogP contribution in [-0.2, 0) is 19.6 Å². The lowest BCUT2D eigenvalue weighted by atomic mass is 9.86. The van der Waals surface area contributed by atoms with Crippen molar-refractivity contribution in [3.63, 3.8) is 0 Å². The van der Waals surface area contributed by atoms with Crippen LogP contribution in [0.1, 0.15) is 32.6 Å². The van der Waals surface area contributed by atoms with E-state index in [1.54, 1.807) is 0 Å². The van der Waals surface area contributed by atoms with Gasteiger partial charge >= 0.3 is 11.9 Å². The number of piperazine rings is 1. The number of rotatable bonds is 4. The minimum absolute atomic E-state index is 0.102. The number of nitro groups is 1. The fourth-order valence-electron chi connectivity index (χ4n) is 3.81. The molecule has 172 valence electrons. The molecule has 0 unspecified atom stereocenters. The number of nitro benzene ring substituents is 1. The molecule has 0 amide bonds. The molecule has 1 aliphatic heterocycles. The number of carboxylic acids is 2. The summed E-state index contributed by atoms with van der Waals surface area (Å²) in [5, 5.41) is 25.5. The number of non-ortho nitro benzene ring substituents is 1. The monoisotopic (exact) mass is 457 g/mol. The first-order valence-electron chi connectivity index (χ1n) is 9.97. The second-order valence-corrected chi connectivity index (χ2v) is 9.65. The molecule has 31 heavy (non-hydrogen) atoms. The molecule has 0 aromatic heterocycles. The van der Waals surface area contributed by atoms with Gasteiger partial charge in [0.05, 0.1) is 9.82 Å². The van der Waals surface area contributed by atoms with Crippen LogP contribution in [0, 0.1) is 16.0 Å². The summed E-state index contributed by atoms with van der Waals surface area (Å²) in [5.41, 5.74) is -0.102. The highest BCUT2D eigenvalue weighted by Crippen LogP contribution is 2.28. The number of carboxylic acid groups (broad SMARTS) is 2. The number of hydrogen-bond acceptors (Lipinski definition) is 7. The van der Waals surface area contributed by atoms with Gasteiger partial charge in [0, 0.05) is 44.4 Å². The van der Waals surface area contributed by atoms with Crippen LogP contribution in [0.4, 0.5) is 5.69 Å². The summed E-state index contributed by atoms with van der Waals surface area (Å²) >= 11 is 0. The molecule has 2 aliphatic rings. The summed E-state index contributed by atoms with van der Waals surface area (Å²) in [4.78, 5) is 30.9. The van der Waals surface area contributed by atoms with E-state index in [1.807, 2.05) is 0 Å². The van der Waals surface area contributed by atoms with E-state index >= 15 is 0 Å². The van der Waals surface area contributed by atoms with E-state index in [1.165, 1.54) is 54.3 Å². The smallest absolute Gasteiger partial charge is 0.414 e. The van der Waals surface area contributed by atoms with Crippen molar-refractivity contribution in [2.75, 3.05) is 26.2 Å². The van der Waals surface area contributed by atoms with Gasteiger partial charge in [-0.25, -0.2) is 18.0 Å². The van der Waals surface area contributed by atoms with E-state index in [0.717, 1.165) is 19.0 Å². The van der Waals surface area contributed by atoms with Gasteiger partial charge < -0.3 is 10.2 Å². The van der Waals surface area contributed by atoms with Gasteiger partial charge in [0.15, 0.2) is 0 Å². The Morgan fingerprint density at radius 2 is 1.45 bits per heavy atom. The summed E-state index contributed by atoms with van der Waals surface area (Å²) in [6, 6.07) is 5.71. The summed E-state index contributed by atoms with van der Waals surface area (Å²) in [6.07, 6.45) is 4.92. The maximum atomic E-state index is 12.7. The van der Waals surface area contributed by atoms with Gasteiger partial charge in [0.1, 0.15) is 0 Å². The molecular weight excluding hydrogens is 430 g/mol. The minimum atomic E-state index is -3.58. The van der Waals surface area contributed by atoms with Crippen molar-refractivity contribution in [1.29, 1.82) is 0 Å². The van der Waals surface area contributed by atoms with Crippen LogP contribution >= 0.6 is 0 Å². The number of sulfonamides is 1. The largest absolute Gasteiger partial charge is 0.473 e. The zero-order chi connectivity index (χ0) is 23.2. The number of aliphatic carboxylic acids is 2. The van der Waals surface area contributed by atoms with Gasteiger partial charge in [-0.05, 0) is 43.7 Å². The van der Waals surface area contributed by atoms with Crippen molar-refractivity contribution in [2.45, 2.75) is 43.5 Å². The molecule has 11 nitrogen and oxygen atoms in total. The normalized spacial score (nSPS) is 22.7. The molecule has 1 aromatic rings. The highest BCUT2D eigenvalue weighted by Gasteiger charge is 2.32. The minimum Gasteiger partial charge on any atom is -0.473 e. The molecule has 2 fully saturated rings. The molecule has 1 aromatic carbocycles. The molecule has 1 aliphatic carbocycles. The van der Waals surface area contributed by atoms with E-state index < -0.39 is 26.9 Å². The fraction of sp³-hybridized carbons (Fsp3) is 0.579. The molecule has 0 radical (unpaired) electrons. The van der Waals surface area contributed by atoms with Gasteiger partial charge in [-0.1, -0.05) is 6.92 Å². The van der Waals surface area contributed by atoms with Gasteiger partial charge in [-0.3, -0.25) is 15.0 Å². The average molecular weight is 458 g/mol. The predicted octanol–water partition coefficient (Wildman–Crippen LogP) is 1.64. The summed E-state index contributed by atoms with van der Waals surface area (Å²) < 4.78 is 27.0. The van der Waals surface area contributed by atoms with Gasteiger partial charge in [0.25, 0.3) is 5.69 Å². The Hall–Kier alpha value is -2.57. The Morgan fingerprint density at radius 3 is 1.87 bits per heavy atom. The molecule has 2 N–H and O–H groups in total. The number of hydrogen-bond donors (Lipinski definition) is 2. The molecule has 0 bridgehead atoms. The molecule has 3 rings (SSSR count). The van der Waals surface area contributed by atoms with Gasteiger partial charge in [0.2, 0.25) is 10.0 Å². The zero-order valence-electron chi connectivity index (χ0n) is 17.2. The van der Waals surface area contributed by atoms with Crippen molar-refractivity contribution in [3.8, 4) is 0 Å². The van der Waals surface area contributed by atoms with E-state index in [0.29, 0.717) is 19.1 Å². The van der Waals surface area contributed by atoms with Crippen molar-refractivity contribution in [1.82, 2.24) is 9.21 Å². The average Bonchev–Trinajstić information content (AvgIpc) is 2.75. The van der Waals surface area contributed by atoms with E-state index in [2.05, 4.69) is 11.8 Å². The standard InChI is InChI=1S/C17H25N3O4S.C2H2O4/c1-14-2-4-15(5-3-14)18-10-12-19(13-11-18)25(23,24)17-8-6-16(7-9-17)20(21)22;3-1(4)2(5)6/h6-9,14-15H,2-5,10-13H2,1H3;(H,3,4)(H,5,6). The summed E-state index contributed by atoms with van der Waals surface area (Å²) in [7, 11) is -3.58. The summed E-state index contributed by atoms with van der Waals surface area (Å²) in [5.74, 6) is -2.84. The van der Waals surface area contributed by atoms with E-state index in [9.17, 15) is 18.5 Å². The quantitative estimate of drug-likeness (QED) is 0.389. The first-order valence-corrected chi connectivity index (χ1v) is 11.4. The van der Waals surface area contributed by atoms with Crippen molar-refractivity contribution in [2.24, 2.45) is 5.92 Å². The Balaban J connectivity index is 0.000000501. The fourth-order valence-corrected chi connectivity index (χ4v) is 5.23. The van der Waals surface area contributed by atoms with Crippen LogP contribution in [0.2, 0.25) is 0 Å². The number of nitrogens with zero attached hydrogens (tertiary/aromatic N) is 3. The van der Waals surface area contributed by atoms with Crippen molar-refractivity contribution in [3.05, 3.63) is 34.4 Å². The van der Waals surface area contributed by atoms with Crippen LogP contribution in [-0.4, -0.2) is 76.9 Å². The van der Waals surface area contributed by atoms with Crippen LogP contribution in [0.5, 0.6) is 0 Å². The van der Waals surface area contributed by atoms with Crippen molar-refractivity contribution >= 4 is 27.6 Å². The number of carbonyl (C=O) groups is 2. The highest BCUT2D eigenvalue weighted by atomic mass is 32.2. The second kappa shape index (κ2) is 10.6. The highest BCUT2D eigenvalue weighted by molar-refractivity contribution is 7.89. The Labute approximate surface area is 180 Å². The molecular formula is C19H27N3O8S. The predicted molar refractivity (Wildman–Crippen MR) is 110 cm³/mol. The van der Waals surface area contributed by atoms with Gasteiger partial charge in [-0.2, -0.15) is 4.31 Å². The Bertz CT molecular complexity index is 875. The first-order chi connectivity index (χ1) is 14.5. The maximum absolute atomic E-state index is 12.7. The summed E-state index contributed by atoms with van der Waals surface area (Å²) in [6.45, 7) is 4.76. The third kappa shape index (κ3) is 6.71. The third-order valence-corrected chi connectivity index (χ3v) is 7.56.